The lowest BCUT2D eigenvalue weighted by Gasteiger charge is -2.41. The maximum absolute atomic E-state index is 13.9. The van der Waals surface area contributed by atoms with Crippen LogP contribution in [0.4, 0.5) is 26.3 Å². The van der Waals surface area contributed by atoms with Crippen molar-refractivity contribution in [3.63, 3.8) is 0 Å². The largest absolute Gasteiger partial charge is 0.417 e. The van der Waals surface area contributed by atoms with E-state index in [9.17, 15) is 31.1 Å². The summed E-state index contributed by atoms with van der Waals surface area (Å²) in [7, 11) is 0. The highest BCUT2D eigenvalue weighted by molar-refractivity contribution is 5.84. The second kappa shape index (κ2) is 11.0. The number of aliphatic imine (C=N–C) groups is 1. The highest BCUT2D eigenvalue weighted by Crippen LogP contribution is 2.50. The highest BCUT2D eigenvalue weighted by atomic mass is 19.4. The first-order chi connectivity index (χ1) is 18.8. The molecule has 3 saturated heterocycles. The van der Waals surface area contributed by atoms with Crippen molar-refractivity contribution >= 4 is 12.1 Å². The average molecular weight is 577 g/mol. The molecule has 1 N–H and O–H groups in total. The molecule has 4 heterocycles. The van der Waals surface area contributed by atoms with Gasteiger partial charge in [0.2, 0.25) is 5.91 Å². The zero-order valence-electron chi connectivity index (χ0n) is 23.0. The Morgan fingerprint density at radius 3 is 2.60 bits per heavy atom. The summed E-state index contributed by atoms with van der Waals surface area (Å²) < 4.78 is 87.2. The standard InChI is InChI=1S/C28H38F6N4O2/c1-3-18-15-40-7-5-24(18)36-19-4-6-26(10-19,16-27(29,30)31)25(39)38-14-21-9-22(38)13-37(21)20-8-17(2)23(12-35-11-20)28(32,33)34/h11-12,18-19,21-22,24,36H,3-10,13-16H2,1-2H3. The zero-order chi connectivity index (χ0) is 28.9. The summed E-state index contributed by atoms with van der Waals surface area (Å²) in [5, 5.41) is 3.58. The topological polar surface area (TPSA) is 57.2 Å². The first-order valence-electron chi connectivity index (χ1n) is 14.3. The maximum atomic E-state index is 13.9. The molecular formula is C28H38F6N4O2. The zero-order valence-corrected chi connectivity index (χ0v) is 23.0. The molecule has 0 aromatic rings. The number of halogens is 6. The molecule has 6 unspecified atom stereocenters. The van der Waals surface area contributed by atoms with Crippen LogP contribution in [0.1, 0.15) is 65.2 Å². The van der Waals surface area contributed by atoms with Crippen LogP contribution in [0.25, 0.3) is 0 Å². The number of carbonyl (C=O) groups excluding carboxylic acids is 1. The van der Waals surface area contributed by atoms with Crippen molar-refractivity contribution in [2.45, 2.75) is 102 Å². The van der Waals surface area contributed by atoms with E-state index in [2.05, 4.69) is 17.2 Å². The van der Waals surface area contributed by atoms with E-state index < -0.39 is 35.7 Å². The van der Waals surface area contributed by atoms with Crippen molar-refractivity contribution in [1.82, 2.24) is 15.1 Å². The summed E-state index contributed by atoms with van der Waals surface area (Å²) in [6, 6.07) is -0.412. The van der Waals surface area contributed by atoms with Gasteiger partial charge in [-0.15, -0.1) is 0 Å². The lowest BCUT2D eigenvalue weighted by Crippen LogP contribution is -2.54. The minimum Gasteiger partial charge on any atom is -0.381 e. The molecular weight excluding hydrogens is 538 g/mol. The molecule has 1 saturated carbocycles. The molecule has 2 bridgehead atoms. The van der Waals surface area contributed by atoms with E-state index >= 15 is 0 Å². The molecule has 1 amide bonds. The maximum Gasteiger partial charge on any atom is 0.417 e. The minimum absolute atomic E-state index is 0.0856. The first kappa shape index (κ1) is 29.4. The molecule has 0 radical (unpaired) electrons. The Balaban J connectivity index is 1.27. The second-order valence-electron chi connectivity index (χ2n) is 12.2. The number of likely N-dealkylation sites (tertiary alicyclic amines) is 2. The number of amides is 1. The number of carbonyl (C=O) groups is 1. The predicted octanol–water partition coefficient (Wildman–Crippen LogP) is 5.36. The summed E-state index contributed by atoms with van der Waals surface area (Å²) >= 11 is 0. The summed E-state index contributed by atoms with van der Waals surface area (Å²) in [6.07, 6.45) is -4.57. The number of fused-ring (bicyclic) bond motifs is 2. The number of hydrogen-bond acceptors (Lipinski definition) is 5. The number of alkyl halides is 6. The van der Waals surface area contributed by atoms with Gasteiger partial charge in [-0.05, 0) is 51.4 Å². The van der Waals surface area contributed by atoms with Crippen molar-refractivity contribution in [2.75, 3.05) is 26.3 Å². The van der Waals surface area contributed by atoms with Crippen LogP contribution in [0.2, 0.25) is 0 Å². The summed E-state index contributed by atoms with van der Waals surface area (Å²) in [4.78, 5) is 21.4. The number of piperazine rings is 1. The van der Waals surface area contributed by atoms with Crippen molar-refractivity contribution in [2.24, 2.45) is 16.3 Å². The van der Waals surface area contributed by atoms with Gasteiger partial charge in [-0.3, -0.25) is 9.79 Å². The van der Waals surface area contributed by atoms with E-state index in [-0.39, 0.29) is 55.5 Å². The fraction of sp³-hybridized carbons (Fsp3) is 0.786. The van der Waals surface area contributed by atoms with E-state index in [1.54, 1.807) is 4.90 Å². The third-order valence-corrected chi connectivity index (χ3v) is 9.56. The summed E-state index contributed by atoms with van der Waals surface area (Å²) in [5.41, 5.74) is -1.45. The van der Waals surface area contributed by atoms with Crippen LogP contribution < -0.4 is 5.32 Å². The van der Waals surface area contributed by atoms with Crippen molar-refractivity contribution in [3.05, 3.63) is 23.0 Å². The average Bonchev–Trinajstić information content (AvgIpc) is 3.55. The van der Waals surface area contributed by atoms with Crippen molar-refractivity contribution in [3.8, 4) is 0 Å². The molecule has 5 aliphatic rings. The van der Waals surface area contributed by atoms with Crippen LogP contribution in [-0.4, -0.2) is 84.7 Å². The Bertz CT molecular complexity index is 1070. The Kier molecular flexibility index (Phi) is 8.06. The van der Waals surface area contributed by atoms with Gasteiger partial charge >= 0.3 is 12.4 Å². The fourth-order valence-electron chi connectivity index (χ4n) is 7.59. The molecule has 12 heteroatoms. The van der Waals surface area contributed by atoms with Gasteiger partial charge in [0.05, 0.1) is 30.1 Å². The molecule has 40 heavy (non-hydrogen) atoms. The molecule has 6 nitrogen and oxygen atoms in total. The second-order valence-corrected chi connectivity index (χ2v) is 12.2. The van der Waals surface area contributed by atoms with E-state index in [0.717, 1.165) is 19.1 Å². The first-order valence-corrected chi connectivity index (χ1v) is 14.3. The summed E-state index contributed by atoms with van der Waals surface area (Å²) in [6.45, 7) is 5.43. The SMILES string of the molecule is CCC1COCCC1NC1CCC(CC(F)(F)F)(C(=O)N2CC3CC2CN3C2=CN=CC(C(F)(F)F)=C(C)C2)C1. The quantitative estimate of drug-likeness (QED) is 0.433. The molecule has 4 aliphatic heterocycles. The van der Waals surface area contributed by atoms with E-state index in [0.29, 0.717) is 44.2 Å². The fourth-order valence-corrected chi connectivity index (χ4v) is 7.59. The highest BCUT2D eigenvalue weighted by Gasteiger charge is 2.57. The molecule has 0 spiro atoms. The van der Waals surface area contributed by atoms with Gasteiger partial charge in [-0.2, -0.15) is 26.3 Å². The molecule has 0 aromatic heterocycles. The van der Waals surface area contributed by atoms with Crippen LogP contribution in [-0.2, 0) is 9.53 Å². The van der Waals surface area contributed by atoms with Crippen LogP contribution in [0.5, 0.6) is 0 Å². The lowest BCUT2D eigenvalue weighted by molar-refractivity contribution is -0.175. The Morgan fingerprint density at radius 1 is 1.18 bits per heavy atom. The van der Waals surface area contributed by atoms with Gasteiger partial charge in [0, 0.05) is 62.4 Å². The third-order valence-electron chi connectivity index (χ3n) is 9.56. The number of nitrogens with zero attached hydrogens (tertiary/aromatic N) is 3. The van der Waals surface area contributed by atoms with Crippen LogP contribution >= 0.6 is 0 Å². The number of ether oxygens (including phenoxy) is 1. The monoisotopic (exact) mass is 576 g/mol. The van der Waals surface area contributed by atoms with Gasteiger partial charge in [0.15, 0.2) is 0 Å². The van der Waals surface area contributed by atoms with E-state index in [1.807, 2.05) is 4.90 Å². The van der Waals surface area contributed by atoms with Gasteiger partial charge in [-0.1, -0.05) is 12.5 Å². The molecule has 6 atom stereocenters. The molecule has 4 fully saturated rings. The Hall–Kier alpha value is -2.08. The van der Waals surface area contributed by atoms with E-state index in [4.69, 9.17) is 4.74 Å². The van der Waals surface area contributed by atoms with Gasteiger partial charge in [0.1, 0.15) is 0 Å². The molecule has 5 rings (SSSR count). The smallest absolute Gasteiger partial charge is 0.381 e. The molecule has 224 valence electrons. The number of rotatable bonds is 6. The van der Waals surface area contributed by atoms with Crippen LogP contribution in [0.3, 0.4) is 0 Å². The van der Waals surface area contributed by atoms with Crippen molar-refractivity contribution in [1.29, 1.82) is 0 Å². The number of nitrogens with one attached hydrogen (secondary N) is 1. The lowest BCUT2D eigenvalue weighted by atomic mass is 9.80. The van der Waals surface area contributed by atoms with Gasteiger partial charge in [0.25, 0.3) is 0 Å². The van der Waals surface area contributed by atoms with Gasteiger partial charge in [-0.25, -0.2) is 0 Å². The normalized spacial score (nSPS) is 35.0. The molecule has 1 aliphatic carbocycles. The third kappa shape index (κ3) is 5.93. The number of hydrogen-bond donors (Lipinski definition) is 1. The van der Waals surface area contributed by atoms with Crippen LogP contribution in [0.15, 0.2) is 28.0 Å². The minimum atomic E-state index is -4.49. The Morgan fingerprint density at radius 2 is 1.95 bits per heavy atom. The van der Waals surface area contributed by atoms with Crippen molar-refractivity contribution < 1.29 is 35.9 Å². The van der Waals surface area contributed by atoms with Crippen LogP contribution in [0, 0.1) is 11.3 Å². The Labute approximate surface area is 230 Å². The molecule has 0 aromatic carbocycles. The predicted molar refractivity (Wildman–Crippen MR) is 137 cm³/mol. The summed E-state index contributed by atoms with van der Waals surface area (Å²) in [5.74, 6) is -0.126. The van der Waals surface area contributed by atoms with E-state index in [1.165, 1.54) is 13.1 Å². The van der Waals surface area contributed by atoms with Gasteiger partial charge < -0.3 is 19.9 Å². The number of allylic oxidation sites excluding steroid dienone is 2.